The van der Waals surface area contributed by atoms with Gasteiger partial charge in [-0.2, -0.15) is 0 Å². The molecule has 0 aromatic carbocycles. The van der Waals surface area contributed by atoms with Crippen molar-refractivity contribution in [2.75, 3.05) is 0 Å². The summed E-state index contributed by atoms with van der Waals surface area (Å²) in [7, 11) is 0. The van der Waals surface area contributed by atoms with E-state index < -0.39 is 17.9 Å². The molecule has 1 amide bonds. The molecule has 0 aliphatic rings. The molecule has 0 spiro atoms. The molecule has 1 atom stereocenters. The summed E-state index contributed by atoms with van der Waals surface area (Å²) in [6.45, 7) is 0. The smallest absolute Gasteiger partial charge is 0.326 e. The molecule has 21 heavy (non-hydrogen) atoms. The molecule has 0 bridgehead atoms. The lowest BCUT2D eigenvalue weighted by molar-refractivity contribution is -0.139. The number of halogens is 2. The number of H-pyrrole nitrogens is 1. The number of amides is 1. The van der Waals surface area contributed by atoms with Crippen molar-refractivity contribution in [2.45, 2.75) is 12.5 Å². The molecule has 2 heterocycles. The fraction of sp³-hybridized carbons (Fsp3) is 0.182. The van der Waals surface area contributed by atoms with Gasteiger partial charge in [0.2, 0.25) is 0 Å². The van der Waals surface area contributed by atoms with Crippen molar-refractivity contribution in [2.24, 2.45) is 0 Å². The predicted molar refractivity (Wildman–Crippen MR) is 73.2 cm³/mol. The lowest BCUT2D eigenvalue weighted by Gasteiger charge is -2.14. The number of nitrogens with zero attached hydrogens (tertiary/aromatic N) is 3. The summed E-state index contributed by atoms with van der Waals surface area (Å²) in [4.78, 5) is 29.8. The topological polar surface area (TPSA) is 121 Å². The van der Waals surface area contributed by atoms with Crippen molar-refractivity contribution in [3.05, 3.63) is 40.2 Å². The number of carboxylic acid groups (broad SMARTS) is 1. The Labute approximate surface area is 128 Å². The first kappa shape index (κ1) is 15.2. The largest absolute Gasteiger partial charge is 0.480 e. The van der Waals surface area contributed by atoms with Crippen molar-refractivity contribution in [1.82, 2.24) is 25.5 Å². The highest BCUT2D eigenvalue weighted by molar-refractivity contribution is 6.34. The van der Waals surface area contributed by atoms with E-state index in [2.05, 4.69) is 25.5 Å². The van der Waals surface area contributed by atoms with E-state index in [0.29, 0.717) is 5.69 Å². The number of aromatic amines is 1. The monoisotopic (exact) mass is 329 g/mol. The van der Waals surface area contributed by atoms with Gasteiger partial charge in [0, 0.05) is 18.3 Å². The normalized spacial score (nSPS) is 11.9. The summed E-state index contributed by atoms with van der Waals surface area (Å²) in [6, 6.07) is 0.0578. The van der Waals surface area contributed by atoms with E-state index in [-0.39, 0.29) is 22.3 Å². The van der Waals surface area contributed by atoms with Gasteiger partial charge in [0.15, 0.2) is 10.3 Å². The molecule has 2 aromatic heterocycles. The molecule has 2 rings (SSSR count). The van der Waals surface area contributed by atoms with Gasteiger partial charge in [-0.25, -0.2) is 9.78 Å². The second-order valence-electron chi connectivity index (χ2n) is 4.02. The van der Waals surface area contributed by atoms with Crippen LogP contribution in [0.25, 0.3) is 0 Å². The molecule has 0 unspecified atom stereocenters. The summed E-state index contributed by atoms with van der Waals surface area (Å²) in [5.41, 5.74) is 0.521. The van der Waals surface area contributed by atoms with Gasteiger partial charge in [-0.15, -0.1) is 10.2 Å². The van der Waals surface area contributed by atoms with Crippen molar-refractivity contribution in [3.8, 4) is 0 Å². The van der Waals surface area contributed by atoms with Crippen LogP contribution in [0.15, 0.2) is 18.6 Å². The third-order valence-electron chi connectivity index (χ3n) is 2.55. The Morgan fingerprint density at radius 1 is 1.38 bits per heavy atom. The summed E-state index contributed by atoms with van der Waals surface area (Å²) in [6.07, 6.45) is 2.93. The van der Waals surface area contributed by atoms with E-state index in [1.807, 2.05) is 0 Å². The number of hydrogen-bond acceptors (Lipinski definition) is 5. The Balaban J connectivity index is 2.14. The molecule has 3 N–H and O–H groups in total. The van der Waals surface area contributed by atoms with E-state index in [9.17, 15) is 9.59 Å². The van der Waals surface area contributed by atoms with Gasteiger partial charge < -0.3 is 15.4 Å². The molecule has 0 aliphatic heterocycles. The fourth-order valence-corrected chi connectivity index (χ4v) is 1.89. The molecule has 0 saturated carbocycles. The molecule has 8 nitrogen and oxygen atoms in total. The maximum absolute atomic E-state index is 12.0. The molecule has 0 fully saturated rings. The first-order chi connectivity index (χ1) is 9.97. The van der Waals surface area contributed by atoms with E-state index in [1.165, 1.54) is 18.6 Å². The zero-order chi connectivity index (χ0) is 15.4. The number of carbonyl (C=O) groups excluding carboxylic acids is 1. The molecule has 10 heteroatoms. The van der Waals surface area contributed by atoms with Crippen LogP contribution in [-0.4, -0.2) is 43.2 Å². The molecular formula is C11H9Cl2N5O3. The van der Waals surface area contributed by atoms with Crippen LogP contribution in [0.4, 0.5) is 0 Å². The quantitative estimate of drug-likeness (QED) is 0.750. The Morgan fingerprint density at radius 2 is 2.14 bits per heavy atom. The molecule has 0 saturated heterocycles. The zero-order valence-corrected chi connectivity index (χ0v) is 11.9. The lowest BCUT2D eigenvalue weighted by atomic mass is 10.1. The fourth-order valence-electron chi connectivity index (χ4n) is 1.56. The molecular weight excluding hydrogens is 321 g/mol. The Bertz CT molecular complexity index is 662. The number of imidazole rings is 1. The van der Waals surface area contributed by atoms with Crippen LogP contribution >= 0.6 is 23.2 Å². The van der Waals surface area contributed by atoms with Crippen LogP contribution in [0.5, 0.6) is 0 Å². The number of hydrogen-bond donors (Lipinski definition) is 3. The van der Waals surface area contributed by atoms with E-state index in [4.69, 9.17) is 28.3 Å². The number of aliphatic carboxylic acids is 1. The van der Waals surface area contributed by atoms with Crippen molar-refractivity contribution < 1.29 is 14.7 Å². The van der Waals surface area contributed by atoms with Crippen molar-refractivity contribution in [1.29, 1.82) is 0 Å². The Morgan fingerprint density at radius 3 is 2.76 bits per heavy atom. The van der Waals surface area contributed by atoms with Gasteiger partial charge >= 0.3 is 5.97 Å². The maximum atomic E-state index is 12.0. The van der Waals surface area contributed by atoms with Gasteiger partial charge in [-0.3, -0.25) is 4.79 Å². The minimum atomic E-state index is -1.19. The molecule has 0 aliphatic carbocycles. The molecule has 2 aromatic rings. The number of carboxylic acids is 1. The minimum absolute atomic E-state index is 0.0232. The van der Waals surface area contributed by atoms with Gasteiger partial charge in [-0.1, -0.05) is 23.2 Å². The minimum Gasteiger partial charge on any atom is -0.480 e. The second-order valence-corrected chi connectivity index (χ2v) is 4.76. The highest BCUT2D eigenvalue weighted by atomic mass is 35.5. The average molecular weight is 330 g/mol. The van der Waals surface area contributed by atoms with E-state index in [0.717, 1.165) is 0 Å². The van der Waals surface area contributed by atoms with Crippen LogP contribution in [-0.2, 0) is 11.2 Å². The summed E-state index contributed by atoms with van der Waals surface area (Å²) in [5, 5.41) is 18.3. The van der Waals surface area contributed by atoms with E-state index >= 15 is 0 Å². The molecule has 110 valence electrons. The number of aromatic nitrogens is 4. The zero-order valence-electron chi connectivity index (χ0n) is 10.4. The highest BCUT2D eigenvalue weighted by Crippen LogP contribution is 2.15. The van der Waals surface area contributed by atoms with Gasteiger partial charge in [0.25, 0.3) is 5.91 Å². The summed E-state index contributed by atoms with van der Waals surface area (Å²) < 4.78 is 0. The molecule has 0 radical (unpaired) electrons. The third kappa shape index (κ3) is 3.89. The SMILES string of the molecule is O=C(N[C@H](Cc1cnc[nH]1)C(=O)O)c1cc(Cl)nnc1Cl. The van der Waals surface area contributed by atoms with Crippen LogP contribution in [0.3, 0.4) is 0 Å². The van der Waals surface area contributed by atoms with Gasteiger partial charge in [0.05, 0.1) is 11.9 Å². The first-order valence-electron chi connectivity index (χ1n) is 5.67. The summed E-state index contributed by atoms with van der Waals surface area (Å²) in [5.74, 6) is -1.90. The Kier molecular flexibility index (Phi) is 4.71. The van der Waals surface area contributed by atoms with Crippen LogP contribution in [0, 0.1) is 0 Å². The van der Waals surface area contributed by atoms with Crippen molar-refractivity contribution in [3.63, 3.8) is 0 Å². The van der Waals surface area contributed by atoms with Crippen molar-refractivity contribution >= 4 is 35.1 Å². The van der Waals surface area contributed by atoms with Crippen LogP contribution in [0.1, 0.15) is 16.1 Å². The lowest BCUT2D eigenvalue weighted by Crippen LogP contribution is -2.42. The predicted octanol–water partition coefficient (Wildman–Crippen LogP) is 0.932. The maximum Gasteiger partial charge on any atom is 0.326 e. The van der Waals surface area contributed by atoms with Crippen LogP contribution in [0.2, 0.25) is 10.3 Å². The first-order valence-corrected chi connectivity index (χ1v) is 6.42. The number of carbonyl (C=O) groups is 2. The highest BCUT2D eigenvalue weighted by Gasteiger charge is 2.23. The standard InChI is InChI=1S/C11H9Cl2N5O3/c12-8-2-6(9(13)18-17-8)10(19)16-7(11(20)21)1-5-3-14-4-15-5/h2-4,7H,1H2,(H,14,15)(H,16,19)(H,20,21)/t7-/m1/s1. The van der Waals surface area contributed by atoms with E-state index in [1.54, 1.807) is 0 Å². The third-order valence-corrected chi connectivity index (χ3v) is 3.01. The average Bonchev–Trinajstić information content (AvgIpc) is 2.93. The van der Waals surface area contributed by atoms with Crippen LogP contribution < -0.4 is 5.32 Å². The number of rotatable bonds is 5. The summed E-state index contributed by atoms with van der Waals surface area (Å²) >= 11 is 11.4. The van der Waals surface area contributed by atoms with Gasteiger partial charge in [-0.05, 0) is 6.07 Å². The second kappa shape index (κ2) is 6.51. The Hall–Kier alpha value is -2.19. The van der Waals surface area contributed by atoms with Gasteiger partial charge in [0.1, 0.15) is 6.04 Å². The number of nitrogens with one attached hydrogen (secondary N) is 2.